The first kappa shape index (κ1) is 14.3. The minimum absolute atomic E-state index is 0.239. The largest absolute Gasteiger partial charge is 0.389 e. The molecule has 106 valence electrons. The number of hydrogen-bond acceptors (Lipinski definition) is 2. The van der Waals surface area contributed by atoms with Crippen molar-refractivity contribution in [1.29, 1.82) is 0 Å². The van der Waals surface area contributed by atoms with Crippen molar-refractivity contribution in [3.05, 3.63) is 29.1 Å². The molecule has 0 bridgehead atoms. The van der Waals surface area contributed by atoms with Crippen LogP contribution in [0.3, 0.4) is 0 Å². The third kappa shape index (κ3) is 3.08. The number of nitrogens with zero attached hydrogens (tertiary/aromatic N) is 1. The van der Waals surface area contributed by atoms with Gasteiger partial charge in [-0.1, -0.05) is 19.3 Å². The van der Waals surface area contributed by atoms with E-state index in [0.29, 0.717) is 17.2 Å². The van der Waals surface area contributed by atoms with Gasteiger partial charge >= 0.3 is 0 Å². The summed E-state index contributed by atoms with van der Waals surface area (Å²) in [4.78, 5) is 2.23. The Hall–Kier alpha value is -1.09. The molecule has 0 amide bonds. The van der Waals surface area contributed by atoms with Gasteiger partial charge in [-0.25, -0.2) is 4.39 Å². The Labute approximate surface area is 115 Å². The second-order valence-corrected chi connectivity index (χ2v) is 5.74. The molecule has 0 heterocycles. The van der Waals surface area contributed by atoms with Gasteiger partial charge < -0.3 is 10.0 Å². The van der Waals surface area contributed by atoms with Gasteiger partial charge in [-0.05, 0) is 44.4 Å². The SMILES string of the molecule is Cc1cc(N(C)C2CCCCC2)c(C(C)O)cc1F. The number of halogens is 1. The Kier molecular flexibility index (Phi) is 4.46. The van der Waals surface area contributed by atoms with Crippen molar-refractivity contribution in [2.45, 2.75) is 58.1 Å². The lowest BCUT2D eigenvalue weighted by molar-refractivity contribution is 0.199. The lowest BCUT2D eigenvalue weighted by atomic mass is 9.93. The van der Waals surface area contributed by atoms with E-state index in [1.165, 1.54) is 38.2 Å². The number of aliphatic hydroxyl groups is 1. The summed E-state index contributed by atoms with van der Waals surface area (Å²) in [6.07, 6.45) is 5.57. The number of hydrogen-bond donors (Lipinski definition) is 1. The molecule has 0 spiro atoms. The van der Waals surface area contributed by atoms with E-state index in [1.54, 1.807) is 13.8 Å². The van der Waals surface area contributed by atoms with Crippen molar-refractivity contribution in [3.63, 3.8) is 0 Å². The Morgan fingerprint density at radius 2 is 1.89 bits per heavy atom. The van der Waals surface area contributed by atoms with Gasteiger partial charge in [-0.2, -0.15) is 0 Å². The first-order valence-electron chi connectivity index (χ1n) is 7.21. The molecular weight excluding hydrogens is 241 g/mol. The van der Waals surface area contributed by atoms with E-state index in [0.717, 1.165) is 5.69 Å². The second kappa shape index (κ2) is 5.91. The average Bonchev–Trinajstić information content (AvgIpc) is 2.41. The topological polar surface area (TPSA) is 23.5 Å². The Balaban J connectivity index is 2.33. The van der Waals surface area contributed by atoms with Crippen molar-refractivity contribution in [2.75, 3.05) is 11.9 Å². The summed E-state index contributed by atoms with van der Waals surface area (Å²) in [6.45, 7) is 3.47. The van der Waals surface area contributed by atoms with E-state index < -0.39 is 6.10 Å². The Morgan fingerprint density at radius 1 is 1.26 bits per heavy atom. The molecule has 3 heteroatoms. The van der Waals surface area contributed by atoms with Crippen molar-refractivity contribution in [1.82, 2.24) is 0 Å². The number of aliphatic hydroxyl groups excluding tert-OH is 1. The van der Waals surface area contributed by atoms with Gasteiger partial charge in [0, 0.05) is 24.3 Å². The van der Waals surface area contributed by atoms with Crippen molar-refractivity contribution in [2.24, 2.45) is 0 Å². The Morgan fingerprint density at radius 3 is 2.47 bits per heavy atom. The molecule has 1 aromatic rings. The van der Waals surface area contributed by atoms with Crippen LogP contribution in [0, 0.1) is 12.7 Å². The first-order chi connectivity index (χ1) is 9.00. The van der Waals surface area contributed by atoms with Crippen LogP contribution < -0.4 is 4.90 Å². The maximum atomic E-state index is 13.7. The molecule has 1 atom stereocenters. The third-order valence-electron chi connectivity index (χ3n) is 4.26. The predicted octanol–water partition coefficient (Wildman–Crippen LogP) is 3.96. The van der Waals surface area contributed by atoms with Crippen LogP contribution in [0.4, 0.5) is 10.1 Å². The van der Waals surface area contributed by atoms with Gasteiger partial charge in [0.25, 0.3) is 0 Å². The summed E-state index contributed by atoms with van der Waals surface area (Å²) < 4.78 is 13.7. The molecule has 0 saturated heterocycles. The fraction of sp³-hybridized carbons (Fsp3) is 0.625. The highest BCUT2D eigenvalue weighted by molar-refractivity contribution is 5.57. The summed E-state index contributed by atoms with van der Waals surface area (Å²) in [7, 11) is 2.06. The molecule has 1 aliphatic carbocycles. The molecule has 1 fully saturated rings. The van der Waals surface area contributed by atoms with Gasteiger partial charge in [-0.15, -0.1) is 0 Å². The number of aryl methyl sites for hydroxylation is 1. The van der Waals surface area contributed by atoms with Crippen molar-refractivity contribution < 1.29 is 9.50 Å². The molecule has 1 aromatic carbocycles. The van der Waals surface area contributed by atoms with Gasteiger partial charge in [0.2, 0.25) is 0 Å². The maximum Gasteiger partial charge on any atom is 0.126 e. The quantitative estimate of drug-likeness (QED) is 0.894. The minimum atomic E-state index is -0.642. The zero-order chi connectivity index (χ0) is 14.0. The molecule has 0 aromatic heterocycles. The normalized spacial score (nSPS) is 18.4. The summed E-state index contributed by atoms with van der Waals surface area (Å²) in [6, 6.07) is 3.86. The molecule has 0 radical (unpaired) electrons. The van der Waals surface area contributed by atoms with Crippen LogP contribution in [0.2, 0.25) is 0 Å². The lowest BCUT2D eigenvalue weighted by Crippen LogP contribution is -2.34. The molecule has 1 aliphatic rings. The van der Waals surface area contributed by atoms with E-state index in [4.69, 9.17) is 0 Å². The summed E-state index contributed by atoms with van der Waals surface area (Å²) >= 11 is 0. The van der Waals surface area contributed by atoms with Crippen LogP contribution in [0.1, 0.15) is 56.3 Å². The average molecular weight is 265 g/mol. The molecule has 1 N–H and O–H groups in total. The highest BCUT2D eigenvalue weighted by Gasteiger charge is 2.22. The molecule has 2 nitrogen and oxygen atoms in total. The maximum absolute atomic E-state index is 13.7. The van der Waals surface area contributed by atoms with E-state index in [9.17, 15) is 9.50 Å². The highest BCUT2D eigenvalue weighted by Crippen LogP contribution is 2.33. The minimum Gasteiger partial charge on any atom is -0.389 e. The smallest absolute Gasteiger partial charge is 0.126 e. The standard InChI is InChI=1S/C16H24FNO/c1-11-9-16(14(12(2)19)10-15(11)17)18(3)13-7-5-4-6-8-13/h9-10,12-13,19H,4-8H2,1-3H3. The van der Waals surface area contributed by atoms with Crippen LogP contribution in [0.15, 0.2) is 12.1 Å². The molecule has 0 aliphatic heterocycles. The fourth-order valence-electron chi connectivity index (χ4n) is 2.99. The number of rotatable bonds is 3. The zero-order valence-corrected chi connectivity index (χ0v) is 12.1. The van der Waals surface area contributed by atoms with Gasteiger partial charge in [0.15, 0.2) is 0 Å². The van der Waals surface area contributed by atoms with Gasteiger partial charge in [0.05, 0.1) is 6.10 Å². The fourth-order valence-corrected chi connectivity index (χ4v) is 2.99. The first-order valence-corrected chi connectivity index (χ1v) is 7.21. The summed E-state index contributed by atoms with van der Waals surface area (Å²) in [5.74, 6) is -0.239. The molecule has 2 rings (SSSR count). The Bertz CT molecular complexity index is 439. The van der Waals surface area contributed by atoms with Crippen LogP contribution >= 0.6 is 0 Å². The number of anilines is 1. The highest BCUT2D eigenvalue weighted by atomic mass is 19.1. The molecular formula is C16H24FNO. The third-order valence-corrected chi connectivity index (χ3v) is 4.26. The van der Waals surface area contributed by atoms with Crippen LogP contribution in [0.5, 0.6) is 0 Å². The molecule has 1 saturated carbocycles. The number of benzene rings is 1. The van der Waals surface area contributed by atoms with Crippen LogP contribution in [-0.4, -0.2) is 18.2 Å². The van der Waals surface area contributed by atoms with Crippen LogP contribution in [0.25, 0.3) is 0 Å². The molecule has 19 heavy (non-hydrogen) atoms. The van der Waals surface area contributed by atoms with Crippen molar-refractivity contribution >= 4 is 5.69 Å². The monoisotopic (exact) mass is 265 g/mol. The lowest BCUT2D eigenvalue weighted by Gasteiger charge is -2.35. The second-order valence-electron chi connectivity index (χ2n) is 5.74. The predicted molar refractivity (Wildman–Crippen MR) is 77.0 cm³/mol. The van der Waals surface area contributed by atoms with Gasteiger partial charge in [0.1, 0.15) is 5.82 Å². The van der Waals surface area contributed by atoms with E-state index in [1.807, 2.05) is 6.07 Å². The van der Waals surface area contributed by atoms with E-state index >= 15 is 0 Å². The van der Waals surface area contributed by atoms with Crippen LogP contribution in [-0.2, 0) is 0 Å². The van der Waals surface area contributed by atoms with Crippen molar-refractivity contribution in [3.8, 4) is 0 Å². The van der Waals surface area contributed by atoms with E-state index in [-0.39, 0.29) is 5.82 Å². The zero-order valence-electron chi connectivity index (χ0n) is 12.1. The summed E-state index contributed by atoms with van der Waals surface area (Å²) in [5, 5.41) is 9.87. The van der Waals surface area contributed by atoms with E-state index in [2.05, 4.69) is 11.9 Å². The van der Waals surface area contributed by atoms with Gasteiger partial charge in [-0.3, -0.25) is 0 Å². The summed E-state index contributed by atoms with van der Waals surface area (Å²) in [5.41, 5.74) is 2.30. The molecule has 1 unspecified atom stereocenters.